The Balaban J connectivity index is 2.07. The highest BCUT2D eigenvalue weighted by Crippen LogP contribution is 2.35. The molecule has 0 aliphatic heterocycles. The Hall–Kier alpha value is -0.810. The van der Waals surface area contributed by atoms with Gasteiger partial charge in [-0.05, 0) is 51.6 Å². The Morgan fingerprint density at radius 1 is 1.28 bits per heavy atom. The molecule has 0 aliphatic carbocycles. The molecule has 0 spiro atoms. The smallest absolute Gasteiger partial charge is 0.147 e. The first-order valence-corrected chi connectivity index (χ1v) is 7.30. The van der Waals surface area contributed by atoms with Gasteiger partial charge in [0.2, 0.25) is 0 Å². The van der Waals surface area contributed by atoms with E-state index in [-0.39, 0.29) is 0 Å². The first kappa shape index (κ1) is 12.2. The molecular weight excluding hydrogens is 336 g/mol. The third kappa shape index (κ3) is 2.10. The summed E-state index contributed by atoms with van der Waals surface area (Å²) in [6.07, 6.45) is -0.759. The molecular formula is C13H8BrClO2S. The zero-order valence-electron chi connectivity index (χ0n) is 9.06. The number of aliphatic hydroxyl groups excluding tert-OH is 1. The highest BCUT2D eigenvalue weighted by Gasteiger charge is 2.19. The quantitative estimate of drug-likeness (QED) is 0.711. The minimum absolute atomic E-state index is 0.524. The van der Waals surface area contributed by atoms with Gasteiger partial charge in [0, 0.05) is 14.9 Å². The van der Waals surface area contributed by atoms with Crippen molar-refractivity contribution in [2.24, 2.45) is 0 Å². The van der Waals surface area contributed by atoms with E-state index in [0.717, 1.165) is 20.3 Å². The summed E-state index contributed by atoms with van der Waals surface area (Å²) in [6.45, 7) is 0. The van der Waals surface area contributed by atoms with Gasteiger partial charge in [0.25, 0.3) is 0 Å². The monoisotopic (exact) mass is 342 g/mol. The number of thiophene rings is 1. The van der Waals surface area contributed by atoms with Crippen molar-refractivity contribution in [3.63, 3.8) is 0 Å². The maximum Gasteiger partial charge on any atom is 0.147 e. The van der Waals surface area contributed by atoms with Crippen LogP contribution in [-0.4, -0.2) is 5.11 Å². The standard InChI is InChI=1S/C13H8BrClO2S/c14-9-3-4-18-13(9)12(16)11-6-7-5-8(15)1-2-10(7)17-11/h1-6,12,16H. The molecule has 3 rings (SSSR count). The van der Waals surface area contributed by atoms with Crippen molar-refractivity contribution in [1.29, 1.82) is 0 Å². The van der Waals surface area contributed by atoms with Crippen LogP contribution in [0.1, 0.15) is 16.7 Å². The van der Waals surface area contributed by atoms with Gasteiger partial charge in [-0.2, -0.15) is 0 Å². The summed E-state index contributed by atoms with van der Waals surface area (Å²) >= 11 is 10.8. The van der Waals surface area contributed by atoms with Gasteiger partial charge in [-0.1, -0.05) is 11.6 Å². The summed E-state index contributed by atoms with van der Waals surface area (Å²) in [5, 5.41) is 13.8. The van der Waals surface area contributed by atoms with E-state index in [9.17, 15) is 5.11 Å². The van der Waals surface area contributed by atoms with E-state index in [2.05, 4.69) is 15.9 Å². The first-order valence-electron chi connectivity index (χ1n) is 5.25. The number of hydrogen-bond donors (Lipinski definition) is 1. The SMILES string of the molecule is OC(c1cc2cc(Cl)ccc2o1)c1sccc1Br. The van der Waals surface area contributed by atoms with Crippen molar-refractivity contribution >= 4 is 49.8 Å². The Morgan fingerprint density at radius 2 is 2.11 bits per heavy atom. The Labute approximate surface area is 121 Å². The summed E-state index contributed by atoms with van der Waals surface area (Å²) in [5.41, 5.74) is 0.723. The zero-order chi connectivity index (χ0) is 12.7. The molecule has 0 aliphatic rings. The fraction of sp³-hybridized carbons (Fsp3) is 0.0769. The van der Waals surface area contributed by atoms with Crippen molar-refractivity contribution in [1.82, 2.24) is 0 Å². The van der Waals surface area contributed by atoms with E-state index in [0.29, 0.717) is 10.8 Å². The molecule has 0 amide bonds. The van der Waals surface area contributed by atoms with Crippen molar-refractivity contribution in [3.8, 4) is 0 Å². The van der Waals surface area contributed by atoms with Crippen LogP contribution in [0.5, 0.6) is 0 Å². The number of fused-ring (bicyclic) bond motifs is 1. The van der Waals surface area contributed by atoms with Crippen LogP contribution in [-0.2, 0) is 0 Å². The summed E-state index contributed by atoms with van der Waals surface area (Å²) < 4.78 is 6.53. The van der Waals surface area contributed by atoms with Gasteiger partial charge in [0.1, 0.15) is 17.4 Å². The average molecular weight is 344 g/mol. The molecule has 18 heavy (non-hydrogen) atoms. The second-order valence-electron chi connectivity index (χ2n) is 3.87. The lowest BCUT2D eigenvalue weighted by atomic mass is 10.2. The van der Waals surface area contributed by atoms with E-state index < -0.39 is 6.10 Å². The van der Waals surface area contributed by atoms with E-state index in [4.69, 9.17) is 16.0 Å². The fourth-order valence-corrected chi connectivity index (χ4v) is 3.56. The van der Waals surface area contributed by atoms with Crippen LogP contribution in [0, 0.1) is 0 Å². The molecule has 0 saturated carbocycles. The fourth-order valence-electron chi connectivity index (χ4n) is 1.80. The average Bonchev–Trinajstić information content (AvgIpc) is 2.93. The molecule has 1 aromatic carbocycles. The molecule has 1 atom stereocenters. The summed E-state index contributed by atoms with van der Waals surface area (Å²) in [7, 11) is 0. The number of aliphatic hydroxyl groups is 1. The van der Waals surface area contributed by atoms with Crippen molar-refractivity contribution < 1.29 is 9.52 Å². The van der Waals surface area contributed by atoms with Gasteiger partial charge in [-0.25, -0.2) is 0 Å². The van der Waals surface area contributed by atoms with Gasteiger partial charge >= 0.3 is 0 Å². The number of halogens is 2. The summed E-state index contributed by atoms with van der Waals surface area (Å²) in [6, 6.07) is 9.11. The van der Waals surface area contributed by atoms with E-state index >= 15 is 0 Å². The summed E-state index contributed by atoms with van der Waals surface area (Å²) in [5.74, 6) is 0.524. The van der Waals surface area contributed by atoms with Crippen molar-refractivity contribution in [2.75, 3.05) is 0 Å². The number of rotatable bonds is 2. The van der Waals surface area contributed by atoms with Gasteiger partial charge in [-0.3, -0.25) is 0 Å². The zero-order valence-corrected chi connectivity index (χ0v) is 12.2. The van der Waals surface area contributed by atoms with Gasteiger partial charge in [-0.15, -0.1) is 11.3 Å². The molecule has 92 valence electrons. The molecule has 1 unspecified atom stereocenters. The second-order valence-corrected chi connectivity index (χ2v) is 6.10. The predicted molar refractivity (Wildman–Crippen MR) is 77.3 cm³/mol. The maximum absolute atomic E-state index is 10.3. The molecule has 0 saturated heterocycles. The van der Waals surface area contributed by atoms with E-state index in [1.165, 1.54) is 11.3 Å². The predicted octanol–water partition coefficient (Wildman–Crippen LogP) is 4.99. The second kappa shape index (κ2) is 4.70. The Morgan fingerprint density at radius 3 is 2.83 bits per heavy atom. The van der Waals surface area contributed by atoms with Crippen molar-refractivity contribution in [2.45, 2.75) is 6.10 Å². The molecule has 0 radical (unpaired) electrons. The van der Waals surface area contributed by atoms with Crippen molar-refractivity contribution in [3.05, 3.63) is 55.8 Å². The van der Waals surface area contributed by atoms with E-state index in [1.807, 2.05) is 23.6 Å². The largest absolute Gasteiger partial charge is 0.458 e. The molecule has 2 heterocycles. The van der Waals surface area contributed by atoms with Crippen LogP contribution in [0.4, 0.5) is 0 Å². The Kier molecular flexibility index (Phi) is 3.20. The number of hydrogen-bond acceptors (Lipinski definition) is 3. The molecule has 0 bridgehead atoms. The van der Waals surface area contributed by atoms with Crippen LogP contribution in [0.2, 0.25) is 5.02 Å². The minimum atomic E-state index is -0.759. The van der Waals surface area contributed by atoms with Gasteiger partial charge in [0.05, 0.1) is 4.88 Å². The molecule has 2 nitrogen and oxygen atoms in total. The van der Waals surface area contributed by atoms with Crippen LogP contribution in [0.15, 0.2) is 44.6 Å². The van der Waals surface area contributed by atoms with Gasteiger partial charge < -0.3 is 9.52 Å². The van der Waals surface area contributed by atoms with Gasteiger partial charge in [0.15, 0.2) is 0 Å². The maximum atomic E-state index is 10.3. The van der Waals surface area contributed by atoms with Crippen LogP contribution < -0.4 is 0 Å². The highest BCUT2D eigenvalue weighted by atomic mass is 79.9. The summed E-state index contributed by atoms with van der Waals surface area (Å²) in [4.78, 5) is 0.833. The minimum Gasteiger partial charge on any atom is -0.458 e. The third-order valence-corrected chi connectivity index (χ3v) is 4.82. The molecule has 3 aromatic rings. The Bertz CT molecular complexity index is 704. The topological polar surface area (TPSA) is 33.4 Å². The van der Waals surface area contributed by atoms with Crippen LogP contribution >= 0.6 is 38.9 Å². The third-order valence-electron chi connectivity index (χ3n) is 2.66. The van der Waals surface area contributed by atoms with Crippen LogP contribution in [0.25, 0.3) is 11.0 Å². The lowest BCUT2D eigenvalue weighted by Gasteiger charge is -2.05. The molecule has 1 N–H and O–H groups in total. The van der Waals surface area contributed by atoms with Crippen LogP contribution in [0.3, 0.4) is 0 Å². The molecule has 0 fully saturated rings. The number of benzene rings is 1. The normalized spacial score (nSPS) is 13.1. The molecule has 5 heteroatoms. The van der Waals surface area contributed by atoms with E-state index in [1.54, 1.807) is 12.1 Å². The lowest BCUT2D eigenvalue weighted by molar-refractivity contribution is 0.195. The lowest BCUT2D eigenvalue weighted by Crippen LogP contribution is -1.95. The highest BCUT2D eigenvalue weighted by molar-refractivity contribution is 9.10. The first-order chi connectivity index (χ1) is 8.65. The number of furan rings is 1. The molecule has 2 aromatic heterocycles.